The Kier molecular flexibility index (Phi) is 8.22. The second-order valence-corrected chi connectivity index (χ2v) is 10.8. The molecule has 0 unspecified atom stereocenters. The Balaban J connectivity index is 1.27. The molecule has 4 heterocycles. The summed E-state index contributed by atoms with van der Waals surface area (Å²) < 4.78 is 34.0. The third kappa shape index (κ3) is 5.37. The molecule has 3 aliphatic rings. The lowest BCUT2D eigenvalue weighted by atomic mass is 9.94. The molecule has 3 aliphatic heterocycles. The first-order valence-electron chi connectivity index (χ1n) is 12.9. The van der Waals surface area contributed by atoms with Crippen molar-refractivity contribution >= 4 is 11.0 Å². The number of ether oxygens (including phenoxy) is 5. The third-order valence-corrected chi connectivity index (χ3v) is 7.63. The Morgan fingerprint density at radius 3 is 2.25 bits per heavy atom. The summed E-state index contributed by atoms with van der Waals surface area (Å²) in [6.07, 6.45) is -15.6. The number of aliphatic hydroxyl groups excluding tert-OH is 7. The van der Waals surface area contributed by atoms with Gasteiger partial charge >= 0.3 is 5.63 Å². The average molecular weight is 571 g/mol. The summed E-state index contributed by atoms with van der Waals surface area (Å²) in [4.78, 5) is 11.6. The molecule has 0 radical (unpaired) electrons. The van der Waals surface area contributed by atoms with Gasteiger partial charge in [0.05, 0.1) is 13.2 Å². The van der Waals surface area contributed by atoms with Crippen molar-refractivity contribution in [2.24, 2.45) is 0 Å². The Morgan fingerprint density at radius 2 is 1.55 bits per heavy atom. The molecule has 0 amide bonds. The summed E-state index contributed by atoms with van der Waals surface area (Å²) in [6.45, 7) is 2.03. The topological polar surface area (TPSA) is 218 Å². The van der Waals surface area contributed by atoms with E-state index in [0.29, 0.717) is 17.8 Å². The highest BCUT2D eigenvalue weighted by Crippen LogP contribution is 2.39. The summed E-state index contributed by atoms with van der Waals surface area (Å²) >= 11 is 0. The minimum atomic E-state index is -1.76. The lowest BCUT2D eigenvalue weighted by Crippen LogP contribution is -2.65. The molecule has 222 valence electrons. The second kappa shape index (κ2) is 11.2. The first kappa shape index (κ1) is 29.3. The van der Waals surface area contributed by atoms with E-state index in [0.717, 1.165) is 10.9 Å². The predicted molar refractivity (Wildman–Crippen MR) is 132 cm³/mol. The zero-order valence-corrected chi connectivity index (χ0v) is 21.8. The van der Waals surface area contributed by atoms with Gasteiger partial charge in [-0.25, -0.2) is 4.79 Å². The molecule has 0 aliphatic carbocycles. The van der Waals surface area contributed by atoms with Crippen molar-refractivity contribution in [2.45, 2.75) is 93.4 Å². The van der Waals surface area contributed by atoms with Gasteiger partial charge in [-0.05, 0) is 31.5 Å². The lowest BCUT2D eigenvalue weighted by Gasteiger charge is -2.47. The van der Waals surface area contributed by atoms with Crippen molar-refractivity contribution in [3.8, 4) is 5.75 Å². The molecule has 2 saturated heterocycles. The molecule has 2 aromatic rings. The van der Waals surface area contributed by atoms with Crippen LogP contribution in [-0.2, 0) is 25.4 Å². The Labute approximate surface area is 227 Å². The van der Waals surface area contributed by atoms with Gasteiger partial charge in [0.15, 0.2) is 12.6 Å². The Bertz CT molecular complexity index is 1240. The van der Waals surface area contributed by atoms with E-state index in [1.807, 2.05) is 6.07 Å². The van der Waals surface area contributed by atoms with Crippen LogP contribution in [0.15, 0.2) is 33.5 Å². The maximum absolute atomic E-state index is 11.6. The zero-order chi connectivity index (χ0) is 28.9. The molecule has 7 N–H and O–H groups in total. The van der Waals surface area contributed by atoms with Crippen LogP contribution in [-0.4, -0.2) is 122 Å². The maximum Gasteiger partial charge on any atom is 0.336 e. The van der Waals surface area contributed by atoms with Crippen molar-refractivity contribution in [1.82, 2.24) is 0 Å². The van der Waals surface area contributed by atoms with Crippen molar-refractivity contribution < 1.29 is 63.8 Å². The largest absolute Gasteiger partial charge is 0.487 e. The molecule has 0 saturated carbocycles. The van der Waals surface area contributed by atoms with Gasteiger partial charge in [0.2, 0.25) is 0 Å². The Hall–Kier alpha value is -2.21. The molecule has 1 aromatic carbocycles. The molecule has 5 rings (SSSR count). The van der Waals surface area contributed by atoms with Crippen molar-refractivity contribution in [3.05, 3.63) is 40.2 Å². The molecule has 11 atom stereocenters. The van der Waals surface area contributed by atoms with Crippen LogP contribution in [0.25, 0.3) is 11.0 Å². The second-order valence-electron chi connectivity index (χ2n) is 10.8. The van der Waals surface area contributed by atoms with Gasteiger partial charge in [-0.3, -0.25) is 0 Å². The van der Waals surface area contributed by atoms with Crippen molar-refractivity contribution in [3.63, 3.8) is 0 Å². The van der Waals surface area contributed by atoms with Crippen LogP contribution in [0.1, 0.15) is 19.4 Å². The number of rotatable bonds is 7. The van der Waals surface area contributed by atoms with Crippen LogP contribution >= 0.6 is 0 Å². The fraction of sp³-hybridized carbons (Fsp3) is 0.654. The number of aliphatic hydroxyl groups is 7. The van der Waals surface area contributed by atoms with Gasteiger partial charge < -0.3 is 63.8 Å². The minimum absolute atomic E-state index is 0.371. The van der Waals surface area contributed by atoms with E-state index in [1.54, 1.807) is 26.0 Å². The third-order valence-electron chi connectivity index (χ3n) is 7.63. The maximum atomic E-state index is 11.6. The number of hydrogen-bond acceptors (Lipinski definition) is 14. The van der Waals surface area contributed by atoms with Crippen LogP contribution in [0.4, 0.5) is 0 Å². The number of fused-ring (bicyclic) bond motifs is 2. The highest BCUT2D eigenvalue weighted by Gasteiger charge is 2.52. The van der Waals surface area contributed by atoms with E-state index < -0.39 is 92.0 Å². The van der Waals surface area contributed by atoms with Crippen LogP contribution < -0.4 is 10.4 Å². The first-order valence-corrected chi connectivity index (χ1v) is 12.9. The van der Waals surface area contributed by atoms with Gasteiger partial charge in [-0.2, -0.15) is 0 Å². The smallest absolute Gasteiger partial charge is 0.336 e. The summed E-state index contributed by atoms with van der Waals surface area (Å²) in [6, 6.07) is 6.46. The molecule has 14 heteroatoms. The highest BCUT2D eigenvalue weighted by atomic mass is 16.7. The summed E-state index contributed by atoms with van der Waals surface area (Å²) in [5, 5.41) is 72.1. The van der Waals surface area contributed by atoms with Crippen molar-refractivity contribution in [2.75, 3.05) is 13.2 Å². The van der Waals surface area contributed by atoms with E-state index in [2.05, 4.69) is 0 Å². The molecule has 2 fully saturated rings. The average Bonchev–Trinajstić information content (AvgIpc) is 3.35. The SMILES string of the molecule is CC(C)(O[C@@H]1O[C@H](CO)[C@H](O[C@H]2O[C@H](CO)[C@H](O)[C@H](O)[C@H]2O)[C@H](O)[C@H]1O)[C@H]1Cc2cc3ccc(=O)oc3cc2O1. The summed E-state index contributed by atoms with van der Waals surface area (Å²) in [7, 11) is 0. The molecular weight excluding hydrogens is 536 g/mol. The molecule has 1 aromatic heterocycles. The fourth-order valence-corrected chi connectivity index (χ4v) is 5.22. The van der Waals surface area contributed by atoms with Gasteiger partial charge in [0, 0.05) is 23.9 Å². The van der Waals surface area contributed by atoms with Gasteiger partial charge in [-0.1, -0.05) is 0 Å². The standard InChI is InChI=1S/C26H34O14/c1-26(2,16-6-11-5-10-3-4-17(29)36-12(10)7-13(11)35-16)40-25-22(34)20(32)23(15(9-28)38-25)39-24-21(33)19(31)18(30)14(8-27)37-24/h3-5,7,14-16,18-25,27-28,30-34H,6,8-9H2,1-2H3/t14-,15-,16-,18+,19+,20-,21-,22-,23+,24-,25+/m1/s1. The number of benzene rings is 1. The van der Waals surface area contributed by atoms with E-state index in [1.165, 1.54) is 6.07 Å². The molecule has 0 spiro atoms. The highest BCUT2D eigenvalue weighted by molar-refractivity contribution is 5.79. The summed E-state index contributed by atoms with van der Waals surface area (Å²) in [5.41, 5.74) is -0.354. The predicted octanol–water partition coefficient (Wildman–Crippen LogP) is -2.48. The van der Waals surface area contributed by atoms with Crippen LogP contribution in [0.5, 0.6) is 5.75 Å². The summed E-state index contributed by atoms with van der Waals surface area (Å²) in [5.74, 6) is 0.509. The van der Waals surface area contributed by atoms with E-state index in [9.17, 15) is 40.5 Å². The minimum Gasteiger partial charge on any atom is -0.487 e. The molecular formula is C26H34O14. The molecule has 14 nitrogen and oxygen atoms in total. The van der Waals surface area contributed by atoms with Gasteiger partial charge in [0.1, 0.15) is 71.9 Å². The van der Waals surface area contributed by atoms with Crippen LogP contribution in [0.2, 0.25) is 0 Å². The molecule has 40 heavy (non-hydrogen) atoms. The quantitative estimate of drug-likeness (QED) is 0.172. The zero-order valence-electron chi connectivity index (χ0n) is 21.8. The van der Waals surface area contributed by atoms with Gasteiger partial charge in [0.25, 0.3) is 0 Å². The number of hydrogen-bond donors (Lipinski definition) is 7. The van der Waals surface area contributed by atoms with E-state index >= 15 is 0 Å². The van der Waals surface area contributed by atoms with Gasteiger partial charge in [-0.15, -0.1) is 0 Å². The van der Waals surface area contributed by atoms with Crippen LogP contribution in [0, 0.1) is 0 Å². The molecule has 0 bridgehead atoms. The van der Waals surface area contributed by atoms with E-state index in [-0.39, 0.29) is 0 Å². The van der Waals surface area contributed by atoms with E-state index in [4.69, 9.17) is 28.1 Å². The lowest BCUT2D eigenvalue weighted by molar-refractivity contribution is -0.369. The van der Waals surface area contributed by atoms with Crippen molar-refractivity contribution in [1.29, 1.82) is 0 Å². The first-order chi connectivity index (χ1) is 18.9. The normalized spacial score (nSPS) is 38.3. The monoisotopic (exact) mass is 570 g/mol. The van der Waals surface area contributed by atoms with Crippen LogP contribution in [0.3, 0.4) is 0 Å². The Morgan fingerprint density at radius 1 is 0.875 bits per heavy atom. The fourth-order valence-electron chi connectivity index (χ4n) is 5.22.